The summed E-state index contributed by atoms with van der Waals surface area (Å²) >= 11 is 11.8. The van der Waals surface area contributed by atoms with Crippen molar-refractivity contribution in [3.05, 3.63) is 22.2 Å². The van der Waals surface area contributed by atoms with Crippen molar-refractivity contribution < 1.29 is 4.79 Å². The lowest BCUT2D eigenvalue weighted by Crippen LogP contribution is -2.37. The second-order valence-electron chi connectivity index (χ2n) is 3.35. The Morgan fingerprint density at radius 2 is 2.07 bits per heavy atom. The van der Waals surface area contributed by atoms with E-state index >= 15 is 0 Å². The van der Waals surface area contributed by atoms with Gasteiger partial charge in [-0.1, -0.05) is 23.2 Å². The minimum absolute atomic E-state index is 0.0252. The van der Waals surface area contributed by atoms with Gasteiger partial charge in [-0.25, -0.2) is 0 Å². The maximum absolute atomic E-state index is 11.4. The highest BCUT2D eigenvalue weighted by Gasteiger charge is 2.21. The highest BCUT2D eigenvalue weighted by Crippen LogP contribution is 2.36. The van der Waals surface area contributed by atoms with Gasteiger partial charge in [-0.05, 0) is 19.1 Å². The Balaban J connectivity index is 2.51. The zero-order chi connectivity index (χ0) is 11.0. The molecular weight excluding hydrogens is 235 g/mol. The van der Waals surface area contributed by atoms with Gasteiger partial charge in [0.2, 0.25) is 5.91 Å². The first kappa shape index (κ1) is 10.6. The van der Waals surface area contributed by atoms with E-state index in [0.717, 1.165) is 17.9 Å². The molecule has 1 aromatic carbocycles. The number of amides is 1. The monoisotopic (exact) mass is 244 g/mol. The normalized spacial score (nSPS) is 14.9. The van der Waals surface area contributed by atoms with Gasteiger partial charge in [-0.2, -0.15) is 0 Å². The van der Waals surface area contributed by atoms with Crippen molar-refractivity contribution in [1.29, 1.82) is 0 Å². The van der Waals surface area contributed by atoms with Gasteiger partial charge in [0.05, 0.1) is 28.0 Å². The largest absolute Gasteiger partial charge is 0.361 e. The van der Waals surface area contributed by atoms with Crippen molar-refractivity contribution in [2.45, 2.75) is 6.92 Å². The Morgan fingerprint density at radius 3 is 2.73 bits per heavy atom. The van der Waals surface area contributed by atoms with E-state index in [1.54, 1.807) is 12.1 Å². The van der Waals surface area contributed by atoms with E-state index < -0.39 is 0 Å². The summed E-state index contributed by atoms with van der Waals surface area (Å²) in [5, 5.41) is 3.73. The molecule has 0 spiro atoms. The fourth-order valence-electron chi connectivity index (χ4n) is 1.63. The van der Waals surface area contributed by atoms with Gasteiger partial charge in [0, 0.05) is 6.54 Å². The van der Waals surface area contributed by atoms with E-state index in [4.69, 9.17) is 23.2 Å². The fourth-order valence-corrected chi connectivity index (χ4v) is 1.95. The number of nitrogens with zero attached hydrogens (tertiary/aromatic N) is 1. The van der Waals surface area contributed by atoms with Crippen molar-refractivity contribution >= 4 is 40.5 Å². The van der Waals surface area contributed by atoms with E-state index in [2.05, 4.69) is 5.32 Å². The second kappa shape index (κ2) is 3.91. The van der Waals surface area contributed by atoms with Crippen LogP contribution in [0.5, 0.6) is 0 Å². The van der Waals surface area contributed by atoms with E-state index in [1.807, 2.05) is 11.8 Å². The average molecular weight is 245 g/mol. The van der Waals surface area contributed by atoms with Crippen LogP contribution in [-0.2, 0) is 4.79 Å². The van der Waals surface area contributed by atoms with Crippen molar-refractivity contribution in [3.8, 4) is 0 Å². The maximum atomic E-state index is 11.4. The molecule has 0 aliphatic carbocycles. The molecule has 1 N–H and O–H groups in total. The Labute approximate surface area is 98.0 Å². The molecule has 80 valence electrons. The van der Waals surface area contributed by atoms with Gasteiger partial charge in [-0.3, -0.25) is 4.79 Å². The molecule has 15 heavy (non-hydrogen) atoms. The van der Waals surface area contributed by atoms with Crippen molar-refractivity contribution in [1.82, 2.24) is 0 Å². The van der Waals surface area contributed by atoms with Crippen LogP contribution >= 0.6 is 23.2 Å². The number of likely N-dealkylation sites (N-methyl/N-ethyl adjacent to an activating group) is 1. The van der Waals surface area contributed by atoms with E-state index in [1.165, 1.54) is 0 Å². The molecule has 1 heterocycles. The second-order valence-corrected chi connectivity index (χ2v) is 4.16. The predicted octanol–water partition coefficient (Wildman–Crippen LogP) is 2.77. The van der Waals surface area contributed by atoms with Crippen molar-refractivity contribution in [3.63, 3.8) is 0 Å². The van der Waals surface area contributed by atoms with Crippen LogP contribution in [0.1, 0.15) is 6.92 Å². The van der Waals surface area contributed by atoms with Crippen LogP contribution in [0, 0.1) is 0 Å². The lowest BCUT2D eigenvalue weighted by Gasteiger charge is -2.30. The van der Waals surface area contributed by atoms with Crippen molar-refractivity contribution in [2.24, 2.45) is 0 Å². The summed E-state index contributed by atoms with van der Waals surface area (Å²) in [6, 6.07) is 3.46. The van der Waals surface area contributed by atoms with Gasteiger partial charge >= 0.3 is 0 Å². The summed E-state index contributed by atoms with van der Waals surface area (Å²) in [5.41, 5.74) is 1.65. The van der Waals surface area contributed by atoms with Gasteiger partial charge in [-0.15, -0.1) is 0 Å². The third-order valence-corrected chi connectivity index (χ3v) is 3.09. The SMILES string of the molecule is CCN1CC(=O)Nc2cc(Cl)c(Cl)cc21. The summed E-state index contributed by atoms with van der Waals surface area (Å²) in [5.74, 6) is -0.0252. The highest BCUT2D eigenvalue weighted by atomic mass is 35.5. The number of anilines is 2. The Hall–Kier alpha value is -0.930. The number of hydrogen-bond acceptors (Lipinski definition) is 2. The number of carbonyl (C=O) groups excluding carboxylic acids is 1. The summed E-state index contributed by atoms with van der Waals surface area (Å²) in [7, 11) is 0. The van der Waals surface area contributed by atoms with Crippen LogP contribution in [0.15, 0.2) is 12.1 Å². The molecule has 2 rings (SSSR count). The first-order valence-electron chi connectivity index (χ1n) is 4.65. The molecule has 1 aliphatic rings. The van der Waals surface area contributed by atoms with Crippen LogP contribution < -0.4 is 10.2 Å². The highest BCUT2D eigenvalue weighted by molar-refractivity contribution is 6.42. The Morgan fingerprint density at radius 1 is 1.40 bits per heavy atom. The topological polar surface area (TPSA) is 32.3 Å². The molecule has 0 bridgehead atoms. The minimum atomic E-state index is -0.0252. The van der Waals surface area contributed by atoms with E-state index in [0.29, 0.717) is 16.6 Å². The van der Waals surface area contributed by atoms with Gasteiger partial charge in [0.1, 0.15) is 0 Å². The Kier molecular flexibility index (Phi) is 2.76. The molecule has 1 amide bonds. The molecule has 0 atom stereocenters. The molecule has 0 saturated heterocycles. The Bertz CT molecular complexity index is 420. The molecule has 1 aromatic rings. The summed E-state index contributed by atoms with van der Waals surface area (Å²) < 4.78 is 0. The molecule has 0 saturated carbocycles. The molecule has 3 nitrogen and oxygen atoms in total. The van der Waals surface area contributed by atoms with E-state index in [-0.39, 0.29) is 5.91 Å². The fraction of sp³-hybridized carbons (Fsp3) is 0.300. The number of rotatable bonds is 1. The molecule has 5 heteroatoms. The number of benzene rings is 1. The first-order valence-corrected chi connectivity index (χ1v) is 5.41. The average Bonchev–Trinajstić information content (AvgIpc) is 2.19. The standard InChI is InChI=1S/C10H10Cl2N2O/c1-2-14-5-10(15)13-8-3-6(11)7(12)4-9(8)14/h3-4H,2,5H2,1H3,(H,13,15). The summed E-state index contributed by atoms with van der Waals surface area (Å²) in [6.07, 6.45) is 0. The zero-order valence-electron chi connectivity index (χ0n) is 8.18. The van der Waals surface area contributed by atoms with Gasteiger partial charge in [0.15, 0.2) is 0 Å². The van der Waals surface area contributed by atoms with Crippen LogP contribution in [0.25, 0.3) is 0 Å². The number of hydrogen-bond donors (Lipinski definition) is 1. The third-order valence-electron chi connectivity index (χ3n) is 2.37. The summed E-state index contributed by atoms with van der Waals surface area (Å²) in [6.45, 7) is 3.12. The van der Waals surface area contributed by atoms with Gasteiger partial charge < -0.3 is 10.2 Å². The molecule has 1 aliphatic heterocycles. The number of nitrogens with one attached hydrogen (secondary N) is 1. The molecule has 0 unspecified atom stereocenters. The molecule has 0 fully saturated rings. The van der Waals surface area contributed by atoms with Gasteiger partial charge in [0.25, 0.3) is 0 Å². The lowest BCUT2D eigenvalue weighted by molar-refractivity contribution is -0.115. The lowest BCUT2D eigenvalue weighted by atomic mass is 10.2. The minimum Gasteiger partial charge on any atom is -0.361 e. The van der Waals surface area contributed by atoms with Crippen LogP contribution in [0.2, 0.25) is 10.0 Å². The van der Waals surface area contributed by atoms with Crippen LogP contribution in [0.4, 0.5) is 11.4 Å². The number of fused-ring (bicyclic) bond motifs is 1. The zero-order valence-corrected chi connectivity index (χ0v) is 9.69. The van der Waals surface area contributed by atoms with Crippen LogP contribution in [-0.4, -0.2) is 19.0 Å². The third kappa shape index (κ3) is 1.90. The molecule has 0 radical (unpaired) electrons. The maximum Gasteiger partial charge on any atom is 0.243 e. The quantitative estimate of drug-likeness (QED) is 0.825. The smallest absolute Gasteiger partial charge is 0.243 e. The molecular formula is C10H10Cl2N2O. The predicted molar refractivity (Wildman–Crippen MR) is 63.0 cm³/mol. The number of carbonyl (C=O) groups is 1. The number of halogens is 2. The first-order chi connectivity index (χ1) is 7.11. The summed E-state index contributed by atoms with van der Waals surface area (Å²) in [4.78, 5) is 13.3. The van der Waals surface area contributed by atoms with Crippen LogP contribution in [0.3, 0.4) is 0 Å². The molecule has 0 aromatic heterocycles. The van der Waals surface area contributed by atoms with E-state index in [9.17, 15) is 4.79 Å². The van der Waals surface area contributed by atoms with Crippen molar-refractivity contribution in [2.75, 3.05) is 23.3 Å².